The minimum Gasteiger partial charge on any atom is -0.469 e. The summed E-state index contributed by atoms with van der Waals surface area (Å²) in [6.07, 6.45) is -7.59. The van der Waals surface area contributed by atoms with Gasteiger partial charge in [0.15, 0.2) is 0 Å². The lowest BCUT2D eigenvalue weighted by atomic mass is 9.39. The highest BCUT2D eigenvalue weighted by molar-refractivity contribution is 5.69. The van der Waals surface area contributed by atoms with Crippen LogP contribution in [0.15, 0.2) is 0 Å². The first-order chi connectivity index (χ1) is 23.6. The van der Waals surface area contributed by atoms with E-state index in [0.717, 1.165) is 19.3 Å². The number of rotatable bonds is 8. The summed E-state index contributed by atoms with van der Waals surface area (Å²) in [5.74, 6) is -0.807. The van der Waals surface area contributed by atoms with Crippen LogP contribution in [0.4, 0.5) is 0 Å². The fourth-order valence-corrected chi connectivity index (χ4v) is 12.8. The van der Waals surface area contributed by atoms with Crippen molar-refractivity contribution in [3.8, 4) is 0 Å². The molecule has 21 atom stereocenters. The van der Waals surface area contributed by atoms with Gasteiger partial charge in [-0.25, -0.2) is 0 Å². The number of fused-ring (bicyclic) bond motifs is 5. The van der Waals surface area contributed by atoms with E-state index >= 15 is 0 Å². The summed E-state index contributed by atoms with van der Waals surface area (Å²) in [7, 11) is 1.37. The molecule has 0 amide bonds. The molecule has 0 bridgehead atoms. The van der Waals surface area contributed by atoms with Gasteiger partial charge in [0.1, 0.15) is 48.8 Å². The molecule has 6 fully saturated rings. The van der Waals surface area contributed by atoms with E-state index in [0.29, 0.717) is 32.1 Å². The van der Waals surface area contributed by atoms with Crippen LogP contribution in [-0.4, -0.2) is 139 Å². The molecule has 0 aromatic heterocycles. The Morgan fingerprint density at radius 2 is 1.36 bits per heavy atom. The van der Waals surface area contributed by atoms with Crippen LogP contribution in [0.1, 0.15) is 78.6 Å². The second kappa shape index (κ2) is 14.7. The van der Waals surface area contributed by atoms with Gasteiger partial charge in [0.05, 0.1) is 38.6 Å². The highest BCUT2D eigenvalue weighted by atomic mass is 16.6. The third kappa shape index (κ3) is 6.18. The van der Waals surface area contributed by atoms with Crippen LogP contribution >= 0.6 is 0 Å². The third-order valence-corrected chi connectivity index (χ3v) is 15.4. The van der Waals surface area contributed by atoms with E-state index in [1.807, 2.05) is 0 Å². The molecule has 13 heteroatoms. The predicted octanol–water partition coefficient (Wildman–Crippen LogP) is -0.267. The SMILES string of the molecule is COC(=O)CC[C@@H](C)[C@H]1CC[C@H]2[C@@H]3[C@@H](C4O[C@H](CO)[C@@H](O)[C@H](O)[C@H]4O)C[C@@H]4C[C@H](O)CC[C@]4(C)[C@H]3C[C@@H]([C@@H]3O[C@H](CO)[C@@H](O)[C@H](O)[C@H]3O)[C@]12C. The number of methoxy groups -OCH3 is 1. The molecule has 9 N–H and O–H groups in total. The van der Waals surface area contributed by atoms with Crippen LogP contribution in [0.25, 0.3) is 0 Å². The lowest BCUT2D eigenvalue weighted by Crippen LogP contribution is -2.68. The van der Waals surface area contributed by atoms with E-state index in [1.165, 1.54) is 7.11 Å². The van der Waals surface area contributed by atoms with Crippen LogP contribution in [-0.2, 0) is 19.0 Å². The molecule has 288 valence electrons. The van der Waals surface area contributed by atoms with E-state index in [4.69, 9.17) is 14.2 Å². The number of aliphatic hydroxyl groups is 9. The average molecular weight is 715 g/mol. The summed E-state index contributed by atoms with van der Waals surface area (Å²) in [6, 6.07) is 0. The van der Waals surface area contributed by atoms with Crippen molar-refractivity contribution in [2.45, 2.75) is 146 Å². The van der Waals surface area contributed by atoms with Gasteiger partial charge in [-0.15, -0.1) is 0 Å². The summed E-state index contributed by atoms with van der Waals surface area (Å²) in [5, 5.41) is 97.8. The molecule has 13 nitrogen and oxygen atoms in total. The smallest absolute Gasteiger partial charge is 0.305 e. The first-order valence-corrected chi connectivity index (χ1v) is 19.0. The summed E-state index contributed by atoms with van der Waals surface area (Å²) < 4.78 is 17.7. The second-order valence-electron chi connectivity index (χ2n) is 17.4. The van der Waals surface area contributed by atoms with Gasteiger partial charge in [0.2, 0.25) is 0 Å². The largest absolute Gasteiger partial charge is 0.469 e. The minimum absolute atomic E-state index is 0.00816. The minimum atomic E-state index is -1.52. The molecular weight excluding hydrogens is 652 g/mol. The Kier molecular flexibility index (Phi) is 11.4. The van der Waals surface area contributed by atoms with Gasteiger partial charge >= 0.3 is 5.97 Å². The zero-order valence-corrected chi connectivity index (χ0v) is 29.9. The zero-order valence-electron chi connectivity index (χ0n) is 29.9. The quantitative estimate of drug-likeness (QED) is 0.148. The molecule has 2 saturated heterocycles. The Balaban J connectivity index is 1.46. The summed E-state index contributed by atoms with van der Waals surface area (Å²) in [4.78, 5) is 12.3. The molecule has 2 heterocycles. The number of hydrogen-bond donors (Lipinski definition) is 9. The monoisotopic (exact) mass is 714 g/mol. The van der Waals surface area contributed by atoms with Crippen LogP contribution < -0.4 is 0 Å². The molecule has 4 aliphatic carbocycles. The molecule has 0 radical (unpaired) electrons. The van der Waals surface area contributed by atoms with Gasteiger partial charge in [0.25, 0.3) is 0 Å². The molecule has 0 spiro atoms. The molecule has 1 unspecified atom stereocenters. The summed E-state index contributed by atoms with van der Waals surface area (Å²) >= 11 is 0. The Morgan fingerprint density at radius 1 is 0.760 bits per heavy atom. The van der Waals surface area contributed by atoms with Crippen molar-refractivity contribution >= 4 is 5.97 Å². The summed E-state index contributed by atoms with van der Waals surface area (Å²) in [6.45, 7) is 5.57. The van der Waals surface area contributed by atoms with E-state index in [2.05, 4.69) is 20.8 Å². The molecular formula is C37H62O13. The van der Waals surface area contributed by atoms with E-state index in [1.54, 1.807) is 0 Å². The first-order valence-electron chi connectivity index (χ1n) is 19.0. The Morgan fingerprint density at radius 3 is 1.96 bits per heavy atom. The van der Waals surface area contributed by atoms with Gasteiger partial charge < -0.3 is 60.2 Å². The second-order valence-corrected chi connectivity index (χ2v) is 17.4. The maximum atomic E-state index is 12.3. The van der Waals surface area contributed by atoms with Crippen LogP contribution in [0.5, 0.6) is 0 Å². The summed E-state index contributed by atoms with van der Waals surface area (Å²) in [5.41, 5.74) is -0.773. The van der Waals surface area contributed by atoms with E-state index < -0.39 is 85.8 Å². The molecule has 4 saturated carbocycles. The van der Waals surface area contributed by atoms with Crippen molar-refractivity contribution in [1.82, 2.24) is 0 Å². The van der Waals surface area contributed by atoms with Crippen LogP contribution in [0, 0.1) is 58.2 Å². The fraction of sp³-hybridized carbons (Fsp3) is 0.973. The number of esters is 1. The number of carbonyl (C=O) groups is 1. The van der Waals surface area contributed by atoms with Crippen molar-refractivity contribution in [3.05, 3.63) is 0 Å². The first kappa shape index (κ1) is 38.7. The van der Waals surface area contributed by atoms with Crippen molar-refractivity contribution < 1.29 is 65.0 Å². The van der Waals surface area contributed by atoms with Crippen molar-refractivity contribution in [2.75, 3.05) is 20.3 Å². The molecule has 50 heavy (non-hydrogen) atoms. The third-order valence-electron chi connectivity index (χ3n) is 15.4. The molecule has 6 rings (SSSR count). The topological polar surface area (TPSA) is 227 Å². The highest BCUT2D eigenvalue weighted by Gasteiger charge is 2.69. The van der Waals surface area contributed by atoms with Crippen LogP contribution in [0.3, 0.4) is 0 Å². The standard InChI is InChI=1S/C37H62O13/c1-16(5-8-26(41)48-4)20-6-7-21-27-19(34-32(46)30(44)28(42)24(14-38)49-34)12-17-11-18(40)9-10-36(17,2)22(27)13-23(37(20,21)3)35-33(47)31(45)29(43)25(15-39)50-35/h16-25,27-35,38-40,42-47H,5-15H2,1-4H3/t16-,17+,18-,19+,20-,21+,22+,23+,24-,25-,27+,28-,29-,30+,31+,32-,33-,34?,35+,36+,37-/m1/s1. The lowest BCUT2D eigenvalue weighted by Gasteiger charge is -2.67. The fourth-order valence-electron chi connectivity index (χ4n) is 12.8. The number of hydrogen-bond acceptors (Lipinski definition) is 13. The molecule has 0 aromatic carbocycles. The van der Waals surface area contributed by atoms with E-state index in [9.17, 15) is 50.8 Å². The zero-order chi connectivity index (χ0) is 36.4. The van der Waals surface area contributed by atoms with Gasteiger partial charge in [-0.2, -0.15) is 0 Å². The number of carbonyl (C=O) groups excluding carboxylic acids is 1. The van der Waals surface area contributed by atoms with Crippen LogP contribution in [0.2, 0.25) is 0 Å². The lowest BCUT2D eigenvalue weighted by molar-refractivity contribution is -0.288. The maximum Gasteiger partial charge on any atom is 0.305 e. The Bertz CT molecular complexity index is 1190. The number of ether oxygens (including phenoxy) is 3. The normalized spacial score (nSPS) is 54.3. The maximum absolute atomic E-state index is 12.3. The van der Waals surface area contributed by atoms with Crippen molar-refractivity contribution in [2.24, 2.45) is 58.2 Å². The molecule has 6 aliphatic rings. The van der Waals surface area contributed by atoms with E-state index in [-0.39, 0.29) is 65.1 Å². The average Bonchev–Trinajstić information content (AvgIpc) is 3.46. The number of aliphatic hydroxyl groups excluding tert-OH is 9. The molecule has 2 aliphatic heterocycles. The predicted molar refractivity (Wildman–Crippen MR) is 177 cm³/mol. The molecule has 0 aromatic rings. The van der Waals surface area contributed by atoms with Gasteiger partial charge in [-0.3, -0.25) is 4.79 Å². The Hall–Kier alpha value is -0.970. The van der Waals surface area contributed by atoms with Gasteiger partial charge in [-0.05, 0) is 110 Å². The van der Waals surface area contributed by atoms with Crippen molar-refractivity contribution in [3.63, 3.8) is 0 Å². The van der Waals surface area contributed by atoms with Gasteiger partial charge in [0, 0.05) is 6.42 Å². The Labute approximate surface area is 294 Å². The van der Waals surface area contributed by atoms with Crippen molar-refractivity contribution in [1.29, 1.82) is 0 Å². The highest BCUT2D eigenvalue weighted by Crippen LogP contribution is 2.72. The van der Waals surface area contributed by atoms with Gasteiger partial charge in [-0.1, -0.05) is 20.8 Å².